The number of carbonyl (C=O) groups excluding carboxylic acids is 1. The normalized spacial score (nSPS) is 11.5. The van der Waals surface area contributed by atoms with Crippen molar-refractivity contribution >= 4 is 33.5 Å². The van der Waals surface area contributed by atoms with Gasteiger partial charge in [0.15, 0.2) is 5.82 Å². The second kappa shape index (κ2) is 9.75. The van der Waals surface area contributed by atoms with E-state index >= 15 is 0 Å². The Morgan fingerprint density at radius 2 is 1.74 bits per heavy atom. The Morgan fingerprint density at radius 1 is 0.974 bits per heavy atom. The van der Waals surface area contributed by atoms with E-state index in [1.807, 2.05) is 49.7 Å². The van der Waals surface area contributed by atoms with Crippen LogP contribution in [0.2, 0.25) is 0 Å². The van der Waals surface area contributed by atoms with Crippen LogP contribution in [0.25, 0.3) is 55.7 Å². The molecule has 0 saturated heterocycles. The molecule has 4 aromatic heterocycles. The molecule has 6 aromatic rings. The van der Waals surface area contributed by atoms with Gasteiger partial charge in [-0.15, -0.1) is 0 Å². The van der Waals surface area contributed by atoms with E-state index in [2.05, 4.69) is 25.5 Å². The van der Waals surface area contributed by atoms with E-state index in [-0.39, 0.29) is 17.6 Å². The number of carbonyl (C=O) groups is 1. The summed E-state index contributed by atoms with van der Waals surface area (Å²) >= 11 is 0. The summed E-state index contributed by atoms with van der Waals surface area (Å²) in [5.41, 5.74) is 7.28. The van der Waals surface area contributed by atoms with E-state index in [1.165, 1.54) is 12.1 Å². The van der Waals surface area contributed by atoms with Crippen molar-refractivity contribution in [2.45, 2.75) is 20.3 Å². The maximum Gasteiger partial charge on any atom is 0.224 e. The monoisotopic (exact) mass is 519 g/mol. The van der Waals surface area contributed by atoms with Gasteiger partial charge in [-0.2, -0.15) is 5.10 Å². The van der Waals surface area contributed by atoms with E-state index in [9.17, 15) is 9.18 Å². The zero-order valence-electron chi connectivity index (χ0n) is 21.7. The molecule has 2 N–H and O–H groups in total. The number of anilines is 1. The number of nitrogens with one attached hydrogen (secondary N) is 2. The second-order valence-corrected chi connectivity index (χ2v) is 10.00. The van der Waals surface area contributed by atoms with Crippen molar-refractivity contribution in [2.75, 3.05) is 5.32 Å². The number of hydrogen-bond donors (Lipinski definition) is 2. The molecule has 0 aliphatic heterocycles. The van der Waals surface area contributed by atoms with Crippen molar-refractivity contribution < 1.29 is 9.18 Å². The molecule has 0 atom stereocenters. The molecule has 0 bridgehead atoms. The molecule has 0 unspecified atom stereocenters. The Morgan fingerprint density at radius 3 is 2.54 bits per heavy atom. The third kappa shape index (κ3) is 4.63. The van der Waals surface area contributed by atoms with Gasteiger partial charge in [-0.05, 0) is 47.4 Å². The Kier molecular flexibility index (Phi) is 6.11. The van der Waals surface area contributed by atoms with Gasteiger partial charge in [-0.25, -0.2) is 9.37 Å². The molecule has 6 rings (SSSR count). The molecule has 0 saturated carbocycles. The van der Waals surface area contributed by atoms with Crippen LogP contribution in [-0.2, 0) is 11.8 Å². The van der Waals surface area contributed by atoms with Crippen LogP contribution in [-0.4, -0.2) is 35.6 Å². The van der Waals surface area contributed by atoms with E-state index in [1.54, 1.807) is 36.9 Å². The van der Waals surface area contributed by atoms with Gasteiger partial charge in [0.1, 0.15) is 17.0 Å². The van der Waals surface area contributed by atoms with Crippen molar-refractivity contribution in [1.29, 1.82) is 0 Å². The number of pyridine rings is 2. The number of hydrogen-bond acceptors (Lipinski definition) is 5. The summed E-state index contributed by atoms with van der Waals surface area (Å²) in [7, 11) is 1.93. The SMILES string of the molecule is CC(C)CC(=O)Nc1cncc(-c2ccc3[nH]nc(-c4nc5c(-c6ccc(F)cc6)cncc5n4C)c3c2)c1. The van der Waals surface area contributed by atoms with Crippen molar-refractivity contribution in [3.8, 4) is 33.8 Å². The van der Waals surface area contributed by atoms with Crippen molar-refractivity contribution in [2.24, 2.45) is 13.0 Å². The molecule has 39 heavy (non-hydrogen) atoms. The number of H-pyrrole nitrogens is 1. The first kappa shape index (κ1) is 24.4. The van der Waals surface area contributed by atoms with Gasteiger partial charge < -0.3 is 9.88 Å². The Bertz CT molecular complexity index is 1840. The predicted molar refractivity (Wildman–Crippen MR) is 150 cm³/mol. The van der Waals surface area contributed by atoms with Crippen LogP contribution < -0.4 is 5.32 Å². The van der Waals surface area contributed by atoms with Crippen molar-refractivity contribution in [1.82, 2.24) is 29.7 Å². The number of aromatic nitrogens is 6. The highest BCUT2D eigenvalue weighted by Gasteiger charge is 2.19. The maximum absolute atomic E-state index is 13.5. The second-order valence-electron chi connectivity index (χ2n) is 10.00. The highest BCUT2D eigenvalue weighted by Crippen LogP contribution is 2.34. The molecule has 4 heterocycles. The molecular formula is C30H26FN7O. The summed E-state index contributed by atoms with van der Waals surface area (Å²) in [6.07, 6.45) is 7.38. The minimum Gasteiger partial charge on any atom is -0.325 e. The number of nitrogens with zero attached hydrogens (tertiary/aromatic N) is 5. The van der Waals surface area contributed by atoms with Crippen LogP contribution in [0.3, 0.4) is 0 Å². The van der Waals surface area contributed by atoms with Crippen LogP contribution >= 0.6 is 0 Å². The van der Waals surface area contributed by atoms with E-state index in [0.29, 0.717) is 23.6 Å². The Labute approximate surface area is 224 Å². The fourth-order valence-electron chi connectivity index (χ4n) is 4.77. The van der Waals surface area contributed by atoms with E-state index < -0.39 is 0 Å². The van der Waals surface area contributed by atoms with Crippen LogP contribution in [0.1, 0.15) is 20.3 Å². The minimum absolute atomic E-state index is 0.0344. The molecular weight excluding hydrogens is 493 g/mol. The fraction of sp³-hybridized carbons (Fsp3) is 0.167. The van der Waals surface area contributed by atoms with Crippen molar-refractivity contribution in [3.05, 3.63) is 79.1 Å². The molecule has 0 aliphatic carbocycles. The summed E-state index contributed by atoms with van der Waals surface area (Å²) in [6, 6.07) is 14.2. The molecule has 194 valence electrons. The number of imidazole rings is 1. The molecule has 1 amide bonds. The Hall–Kier alpha value is -4.92. The first-order chi connectivity index (χ1) is 18.9. The van der Waals surface area contributed by atoms with E-state index in [0.717, 1.165) is 44.2 Å². The summed E-state index contributed by atoms with van der Waals surface area (Å²) in [4.78, 5) is 26.0. The number of benzene rings is 2. The van der Waals surface area contributed by atoms with Gasteiger partial charge in [0.05, 0.1) is 29.1 Å². The lowest BCUT2D eigenvalue weighted by Gasteiger charge is -2.09. The number of aryl methyl sites for hydroxylation is 1. The standard InChI is InChI=1S/C30H26FN7O/c1-17(2)10-27(39)34-22-11-20(13-32-14-22)19-6-9-25-23(12-19)29(37-36-25)30-35-28-24(15-33-16-26(28)38(30)3)18-4-7-21(31)8-5-18/h4-9,11-17H,10H2,1-3H3,(H,34,39)(H,36,37). The summed E-state index contributed by atoms with van der Waals surface area (Å²) < 4.78 is 15.5. The topological polar surface area (TPSA) is 101 Å². The van der Waals surface area contributed by atoms with Gasteiger partial charge >= 0.3 is 0 Å². The Balaban J connectivity index is 1.41. The zero-order chi connectivity index (χ0) is 27.1. The average molecular weight is 520 g/mol. The van der Waals surface area contributed by atoms with Crippen LogP contribution in [0.15, 0.2) is 73.3 Å². The average Bonchev–Trinajstić information content (AvgIpc) is 3.49. The van der Waals surface area contributed by atoms with Crippen LogP contribution in [0.5, 0.6) is 0 Å². The zero-order valence-corrected chi connectivity index (χ0v) is 21.7. The molecule has 0 fully saturated rings. The molecule has 0 aliphatic rings. The summed E-state index contributed by atoms with van der Waals surface area (Å²) in [5.74, 6) is 0.622. The summed E-state index contributed by atoms with van der Waals surface area (Å²) in [6.45, 7) is 4.02. The quantitative estimate of drug-likeness (QED) is 0.266. The van der Waals surface area contributed by atoms with Gasteiger partial charge in [0, 0.05) is 42.4 Å². The van der Waals surface area contributed by atoms with Crippen LogP contribution in [0.4, 0.5) is 10.1 Å². The fourth-order valence-corrected chi connectivity index (χ4v) is 4.77. The van der Waals surface area contributed by atoms with Crippen molar-refractivity contribution in [3.63, 3.8) is 0 Å². The first-order valence-corrected chi connectivity index (χ1v) is 12.7. The van der Waals surface area contributed by atoms with E-state index in [4.69, 9.17) is 4.98 Å². The van der Waals surface area contributed by atoms with Crippen LogP contribution in [0, 0.1) is 11.7 Å². The highest BCUT2D eigenvalue weighted by molar-refractivity contribution is 5.98. The van der Waals surface area contributed by atoms with Gasteiger partial charge in [0.25, 0.3) is 0 Å². The molecule has 2 aromatic carbocycles. The molecule has 0 radical (unpaired) electrons. The maximum atomic E-state index is 13.5. The highest BCUT2D eigenvalue weighted by atomic mass is 19.1. The number of amides is 1. The summed E-state index contributed by atoms with van der Waals surface area (Å²) in [5, 5.41) is 11.6. The number of rotatable bonds is 6. The van der Waals surface area contributed by atoms with Gasteiger partial charge in [-0.3, -0.25) is 19.9 Å². The minimum atomic E-state index is -0.293. The number of aromatic amines is 1. The number of halogens is 1. The first-order valence-electron chi connectivity index (χ1n) is 12.7. The molecule has 9 heteroatoms. The lowest BCUT2D eigenvalue weighted by Crippen LogP contribution is -2.13. The predicted octanol–water partition coefficient (Wildman–Crippen LogP) is 6.36. The molecule has 8 nitrogen and oxygen atoms in total. The molecule has 0 spiro atoms. The smallest absolute Gasteiger partial charge is 0.224 e. The largest absolute Gasteiger partial charge is 0.325 e. The lowest BCUT2D eigenvalue weighted by molar-refractivity contribution is -0.116. The van der Waals surface area contributed by atoms with Gasteiger partial charge in [-0.1, -0.05) is 32.0 Å². The lowest BCUT2D eigenvalue weighted by atomic mass is 10.0. The third-order valence-corrected chi connectivity index (χ3v) is 6.67. The third-order valence-electron chi connectivity index (χ3n) is 6.67. The van der Waals surface area contributed by atoms with Gasteiger partial charge in [0.2, 0.25) is 5.91 Å². The number of fused-ring (bicyclic) bond motifs is 2.